The predicted octanol–water partition coefficient (Wildman–Crippen LogP) is 0.597. The van der Waals surface area contributed by atoms with E-state index in [1.54, 1.807) is 0 Å². The summed E-state index contributed by atoms with van der Waals surface area (Å²) in [4.78, 5) is 15.6. The molecule has 0 aliphatic heterocycles. The van der Waals surface area contributed by atoms with Gasteiger partial charge in [-0.3, -0.25) is 0 Å². The van der Waals surface area contributed by atoms with Gasteiger partial charge in [-0.25, -0.2) is 9.78 Å². The van der Waals surface area contributed by atoms with E-state index in [4.69, 9.17) is 6.11 Å². The lowest BCUT2D eigenvalue weighted by Crippen LogP contribution is -2.22. The van der Waals surface area contributed by atoms with E-state index in [1.165, 1.54) is 12.4 Å². The highest BCUT2D eigenvalue weighted by Gasteiger charge is 2.20. The summed E-state index contributed by atoms with van der Waals surface area (Å²) in [6.07, 6.45) is 0.0734. The number of thiazole rings is 1. The molecule has 3 aromatic heterocycles. The molecule has 0 spiro atoms. The first-order valence-electron chi connectivity index (χ1n) is 5.74. The Kier molecular flexibility index (Phi) is 2.97. The topological polar surface area (TPSA) is 87.7 Å². The van der Waals surface area contributed by atoms with Crippen LogP contribution in [0.5, 0.6) is 5.19 Å². The zero-order chi connectivity index (χ0) is 15.0. The summed E-state index contributed by atoms with van der Waals surface area (Å²) in [6, 6.07) is 0. The molecule has 0 aromatic carbocycles. The minimum absolute atomic E-state index is 0.0734. The van der Waals surface area contributed by atoms with Gasteiger partial charge in [0, 0.05) is 18.6 Å². The monoisotopic (exact) mass is 316 g/mol. The highest BCUT2D eigenvalue weighted by molar-refractivity contribution is 7.11. The number of hydrogen-bond acceptors (Lipinski definition) is 8. The van der Waals surface area contributed by atoms with Gasteiger partial charge >= 0.3 is 5.69 Å². The van der Waals surface area contributed by atoms with Gasteiger partial charge in [-0.15, -0.1) is 4.68 Å². The fraction of sp³-hybridized carbons (Fsp3) is 0.222. The van der Waals surface area contributed by atoms with Crippen LogP contribution >= 0.6 is 22.9 Å². The van der Waals surface area contributed by atoms with Gasteiger partial charge in [-0.05, 0) is 22.0 Å². The number of rotatable bonds is 4. The summed E-state index contributed by atoms with van der Waals surface area (Å²) in [5.41, 5.74) is -0.424. The van der Waals surface area contributed by atoms with Crippen molar-refractivity contribution in [1.82, 2.24) is 29.1 Å². The van der Waals surface area contributed by atoms with Crippen LogP contribution in [0, 0.1) is 5.95 Å². The van der Waals surface area contributed by atoms with Crippen LogP contribution in [-0.4, -0.2) is 29.1 Å². The highest BCUT2D eigenvalue weighted by atomic mass is 32.1. The first-order chi connectivity index (χ1) is 10.1. The van der Waals surface area contributed by atoms with E-state index in [0.717, 1.165) is 32.2 Å². The summed E-state index contributed by atoms with van der Waals surface area (Å²) in [5.74, 6) is -0.741. The Morgan fingerprint density at radius 3 is 3.05 bits per heavy atom. The average molecular weight is 316 g/mol. The molecule has 0 radical (unpaired) electrons. The van der Waals surface area contributed by atoms with Crippen LogP contribution in [0.15, 0.2) is 16.3 Å². The van der Waals surface area contributed by atoms with E-state index in [2.05, 4.69) is 19.8 Å². The third-order valence-electron chi connectivity index (χ3n) is 2.34. The minimum Gasteiger partial charge on any atom is -0.465 e. The van der Waals surface area contributed by atoms with Crippen molar-refractivity contribution in [3.63, 3.8) is 0 Å². The molecule has 0 bridgehead atoms. The first kappa shape index (κ1) is 11.7. The second-order valence-electron chi connectivity index (χ2n) is 3.59. The molecule has 3 aromatic rings. The summed E-state index contributed by atoms with van der Waals surface area (Å²) in [5, 5.41) is 9.14. The second-order valence-corrected chi connectivity index (χ2v) is 5.16. The smallest absolute Gasteiger partial charge is 0.369 e. The van der Waals surface area contributed by atoms with Gasteiger partial charge in [0.25, 0.3) is 5.19 Å². The molecule has 20 heavy (non-hydrogen) atoms. The Morgan fingerprint density at radius 2 is 2.40 bits per heavy atom. The molecule has 0 saturated carbocycles. The average Bonchev–Trinajstić information content (AvgIpc) is 3.11. The molecule has 0 aliphatic rings. The van der Waals surface area contributed by atoms with Crippen molar-refractivity contribution in [2.75, 3.05) is 0 Å². The van der Waals surface area contributed by atoms with Gasteiger partial charge in [-0.1, -0.05) is 11.3 Å². The Labute approximate surface area is 120 Å². The summed E-state index contributed by atoms with van der Waals surface area (Å²) in [7, 11) is 1.44. The summed E-state index contributed by atoms with van der Waals surface area (Å²) in [6.45, 7) is -0.173. The van der Waals surface area contributed by atoms with Crippen molar-refractivity contribution < 1.29 is 10.5 Å². The maximum absolute atomic E-state index is 13.7. The number of nitrogens with zero attached hydrogens (tertiary/aromatic N) is 6. The van der Waals surface area contributed by atoms with Crippen molar-refractivity contribution in [2.24, 2.45) is 7.05 Å². The highest BCUT2D eigenvalue weighted by Crippen LogP contribution is 2.23. The van der Waals surface area contributed by atoms with Crippen molar-refractivity contribution in [2.45, 2.75) is 6.61 Å². The number of halogens is 1. The molecule has 0 N–H and O–H groups in total. The van der Waals surface area contributed by atoms with Crippen LogP contribution in [0.2, 0.25) is 0 Å². The summed E-state index contributed by atoms with van der Waals surface area (Å²) < 4.78 is 31.9. The van der Waals surface area contributed by atoms with Gasteiger partial charge in [0.05, 0.1) is 6.93 Å². The molecule has 104 valence electrons. The van der Waals surface area contributed by atoms with E-state index in [0.29, 0.717) is 0 Å². The van der Waals surface area contributed by atoms with Crippen LogP contribution in [0.25, 0.3) is 5.00 Å². The lowest BCUT2D eigenvalue weighted by atomic mass is 10.3. The molecule has 0 atom stereocenters. The third kappa shape index (κ3) is 2.20. The molecule has 0 amide bonds. The van der Waals surface area contributed by atoms with E-state index in [1.807, 2.05) is 0 Å². The van der Waals surface area contributed by atoms with Crippen LogP contribution in [-0.2, 0) is 13.7 Å². The Morgan fingerprint density at radius 1 is 1.55 bits per heavy atom. The van der Waals surface area contributed by atoms with Gasteiger partial charge in [0.1, 0.15) is 6.61 Å². The number of ether oxygens (including phenoxy) is 1. The van der Waals surface area contributed by atoms with Gasteiger partial charge in [-0.2, -0.15) is 13.4 Å². The zero-order valence-electron chi connectivity index (χ0n) is 11.0. The largest absolute Gasteiger partial charge is 0.465 e. The maximum atomic E-state index is 13.7. The third-order valence-corrected chi connectivity index (χ3v) is 3.82. The minimum atomic E-state index is -0.741. The lowest BCUT2D eigenvalue weighted by molar-refractivity contribution is 0.297. The van der Waals surface area contributed by atoms with E-state index in [-0.39, 0.29) is 28.5 Å². The van der Waals surface area contributed by atoms with E-state index < -0.39 is 11.6 Å². The van der Waals surface area contributed by atoms with Gasteiger partial charge in [0.2, 0.25) is 5.95 Å². The molecule has 3 rings (SSSR count). The molecular weight excluding hydrogens is 307 g/mol. The molecule has 8 nitrogen and oxygen atoms in total. The lowest BCUT2D eigenvalue weighted by Gasteiger charge is -2.02. The van der Waals surface area contributed by atoms with Gasteiger partial charge < -0.3 is 4.74 Å². The zero-order valence-corrected chi connectivity index (χ0v) is 11.6. The second kappa shape index (κ2) is 5.09. The Hall–Kier alpha value is -2.14. The molecule has 0 fully saturated rings. The Bertz CT molecular complexity index is 840. The maximum Gasteiger partial charge on any atom is 0.369 e. The fourth-order valence-corrected chi connectivity index (χ4v) is 2.55. The van der Waals surface area contributed by atoms with Crippen molar-refractivity contribution in [3.05, 3.63) is 33.5 Å². The standard InChI is InChI=1S/C9H7FN6O2S2/c1-15-9(17)16(14-13-15)7-5(6(10)12-20-7)4-18-8-11-2-3-19-8/h2-3H,4H2,1H3/i2T. The van der Waals surface area contributed by atoms with Crippen molar-refractivity contribution >= 4 is 22.9 Å². The molecule has 3 heterocycles. The normalized spacial score (nSPS) is 11.6. The van der Waals surface area contributed by atoms with Crippen molar-refractivity contribution in [3.8, 4) is 10.2 Å². The number of aryl methyl sites for hydroxylation is 1. The molecule has 11 heteroatoms. The molecule has 0 unspecified atom stereocenters. The van der Waals surface area contributed by atoms with E-state index in [9.17, 15) is 9.18 Å². The van der Waals surface area contributed by atoms with Crippen molar-refractivity contribution in [1.29, 1.82) is 0 Å². The van der Waals surface area contributed by atoms with E-state index >= 15 is 0 Å². The SMILES string of the molecule is [3H]c1csc(OCc2c(F)nsc2-n2nnn(C)c2=O)n1. The molecular formula is C9H7FN6O2S2. The first-order valence-corrected chi connectivity index (χ1v) is 6.90. The molecule has 0 saturated heterocycles. The van der Waals surface area contributed by atoms with Gasteiger partial charge in [0.15, 0.2) is 5.00 Å². The number of tetrazole rings is 1. The van der Waals surface area contributed by atoms with Crippen LogP contribution < -0.4 is 10.4 Å². The van der Waals surface area contributed by atoms with Crippen LogP contribution in [0.1, 0.15) is 6.93 Å². The molecule has 0 aliphatic carbocycles. The fourth-order valence-electron chi connectivity index (χ4n) is 1.39. The Balaban J connectivity index is 1.90. The quantitative estimate of drug-likeness (QED) is 0.700. The number of aromatic nitrogens is 6. The number of hydrogen-bond donors (Lipinski definition) is 0. The summed E-state index contributed by atoms with van der Waals surface area (Å²) >= 11 is 1.91. The predicted molar refractivity (Wildman–Crippen MR) is 68.7 cm³/mol. The van der Waals surface area contributed by atoms with Crippen LogP contribution in [0.4, 0.5) is 4.39 Å². The van der Waals surface area contributed by atoms with Crippen LogP contribution in [0.3, 0.4) is 0 Å².